The molecule has 0 bridgehead atoms. The summed E-state index contributed by atoms with van der Waals surface area (Å²) in [5.41, 5.74) is 0.930. The smallest absolute Gasteiger partial charge is 0.252 e. The van der Waals surface area contributed by atoms with Gasteiger partial charge in [0.25, 0.3) is 10.0 Å². The van der Waals surface area contributed by atoms with Gasteiger partial charge in [-0.05, 0) is 38.3 Å². The maximum atomic E-state index is 13.0. The number of hydrogen-bond donors (Lipinski definition) is 1. The minimum Gasteiger partial charge on any atom is -0.354 e. The van der Waals surface area contributed by atoms with Crippen LogP contribution in [0.1, 0.15) is 49.6 Å². The second kappa shape index (κ2) is 9.20. The van der Waals surface area contributed by atoms with Crippen LogP contribution in [0.15, 0.2) is 22.4 Å². The second-order valence-electron chi connectivity index (χ2n) is 8.14. The molecular formula is C21H31N5O2S2. The third-order valence-electron chi connectivity index (χ3n) is 5.92. The van der Waals surface area contributed by atoms with Crippen molar-refractivity contribution in [2.24, 2.45) is 0 Å². The largest absolute Gasteiger partial charge is 0.354 e. The fourth-order valence-electron chi connectivity index (χ4n) is 4.18. The molecule has 2 aromatic heterocycles. The van der Waals surface area contributed by atoms with Crippen molar-refractivity contribution in [1.29, 1.82) is 0 Å². The van der Waals surface area contributed by atoms with Gasteiger partial charge in [-0.3, -0.25) is 0 Å². The zero-order valence-corrected chi connectivity index (χ0v) is 19.4. The molecule has 0 spiro atoms. The molecule has 0 aromatic carbocycles. The van der Waals surface area contributed by atoms with Gasteiger partial charge in [-0.25, -0.2) is 13.4 Å². The van der Waals surface area contributed by atoms with Gasteiger partial charge in [0.1, 0.15) is 10.0 Å². The Labute approximate surface area is 183 Å². The Morgan fingerprint density at radius 1 is 1.10 bits per heavy atom. The Morgan fingerprint density at radius 3 is 2.50 bits per heavy atom. The molecule has 1 aliphatic heterocycles. The number of piperazine rings is 1. The summed E-state index contributed by atoms with van der Waals surface area (Å²) in [4.78, 5) is 12.6. The molecule has 30 heavy (non-hydrogen) atoms. The second-order valence-corrected chi connectivity index (χ2v) is 11.5. The standard InChI is InChI=1S/C21H31N5O2S2/c1-3-18-9-10-20(29-18)30(27,28)26-13-11-25(12-14-26)19-15-16(2)22-21(24-19)23-17-7-5-4-6-8-17/h9-10,15,17H,3-8,11-14H2,1-2H3,(H,22,23,24). The van der Waals surface area contributed by atoms with Crippen LogP contribution in [-0.4, -0.2) is 54.9 Å². The van der Waals surface area contributed by atoms with E-state index in [1.165, 1.54) is 43.4 Å². The first-order chi connectivity index (χ1) is 14.5. The summed E-state index contributed by atoms with van der Waals surface area (Å²) in [6.07, 6.45) is 7.04. The number of anilines is 2. The Morgan fingerprint density at radius 2 is 1.83 bits per heavy atom. The van der Waals surface area contributed by atoms with Crippen LogP contribution in [0.2, 0.25) is 0 Å². The predicted molar refractivity (Wildman–Crippen MR) is 122 cm³/mol. The first-order valence-electron chi connectivity index (χ1n) is 10.9. The molecule has 0 atom stereocenters. The van der Waals surface area contributed by atoms with E-state index >= 15 is 0 Å². The number of hydrogen-bond acceptors (Lipinski definition) is 7. The Hall–Kier alpha value is -1.71. The van der Waals surface area contributed by atoms with Crippen molar-refractivity contribution in [3.8, 4) is 0 Å². The molecule has 1 saturated carbocycles. The summed E-state index contributed by atoms with van der Waals surface area (Å²) < 4.78 is 28.0. The highest BCUT2D eigenvalue weighted by Crippen LogP contribution is 2.27. The van der Waals surface area contributed by atoms with E-state index in [2.05, 4.69) is 15.2 Å². The van der Waals surface area contributed by atoms with Crippen molar-refractivity contribution in [1.82, 2.24) is 14.3 Å². The molecule has 1 N–H and O–H groups in total. The topological polar surface area (TPSA) is 78.4 Å². The molecule has 4 rings (SSSR count). The van der Waals surface area contributed by atoms with Gasteiger partial charge in [0.15, 0.2) is 0 Å². The van der Waals surface area contributed by atoms with Crippen molar-refractivity contribution < 1.29 is 8.42 Å². The first-order valence-corrected chi connectivity index (χ1v) is 13.2. The van der Waals surface area contributed by atoms with Crippen LogP contribution >= 0.6 is 11.3 Å². The highest BCUT2D eigenvalue weighted by Gasteiger charge is 2.30. The number of nitrogens with one attached hydrogen (secondary N) is 1. The van der Waals surface area contributed by atoms with Crippen LogP contribution in [0.25, 0.3) is 0 Å². The minimum atomic E-state index is -3.41. The molecule has 1 aliphatic carbocycles. The summed E-state index contributed by atoms with van der Waals surface area (Å²) in [6.45, 7) is 6.23. The van der Waals surface area contributed by atoms with Crippen LogP contribution in [0.3, 0.4) is 0 Å². The molecule has 0 amide bonds. The van der Waals surface area contributed by atoms with Crippen LogP contribution in [-0.2, 0) is 16.4 Å². The average molecular weight is 450 g/mol. The van der Waals surface area contributed by atoms with Crippen LogP contribution < -0.4 is 10.2 Å². The molecule has 164 valence electrons. The summed E-state index contributed by atoms with van der Waals surface area (Å²) in [5.74, 6) is 1.57. The molecule has 2 aromatic rings. The van der Waals surface area contributed by atoms with Crippen molar-refractivity contribution in [2.75, 3.05) is 36.4 Å². The quantitative estimate of drug-likeness (QED) is 0.725. The van der Waals surface area contributed by atoms with Crippen LogP contribution in [0.5, 0.6) is 0 Å². The summed E-state index contributed by atoms with van der Waals surface area (Å²) in [5, 5.41) is 3.51. The maximum Gasteiger partial charge on any atom is 0.252 e. The summed E-state index contributed by atoms with van der Waals surface area (Å²) in [7, 11) is -3.41. The van der Waals surface area contributed by atoms with Gasteiger partial charge in [-0.1, -0.05) is 26.2 Å². The van der Waals surface area contributed by atoms with E-state index < -0.39 is 10.0 Å². The van der Waals surface area contributed by atoms with E-state index in [0.717, 1.165) is 22.8 Å². The lowest BCUT2D eigenvalue weighted by Crippen LogP contribution is -2.48. The Bertz CT molecular complexity index is 962. The maximum absolute atomic E-state index is 13.0. The lowest BCUT2D eigenvalue weighted by molar-refractivity contribution is 0.384. The summed E-state index contributed by atoms with van der Waals surface area (Å²) in [6, 6.07) is 6.10. The summed E-state index contributed by atoms with van der Waals surface area (Å²) >= 11 is 1.38. The van der Waals surface area contributed by atoms with Gasteiger partial charge in [0.05, 0.1) is 0 Å². The van der Waals surface area contributed by atoms with Gasteiger partial charge in [-0.2, -0.15) is 9.29 Å². The van der Waals surface area contributed by atoms with Gasteiger partial charge in [0, 0.05) is 48.9 Å². The molecule has 0 unspecified atom stereocenters. The molecule has 9 heteroatoms. The fourth-order valence-corrected chi connectivity index (χ4v) is 7.05. The van der Waals surface area contributed by atoms with E-state index in [1.54, 1.807) is 10.4 Å². The third kappa shape index (κ3) is 4.78. The number of sulfonamides is 1. The van der Waals surface area contributed by atoms with E-state index in [9.17, 15) is 8.42 Å². The molecule has 2 fully saturated rings. The third-order valence-corrected chi connectivity index (χ3v) is 9.52. The zero-order valence-electron chi connectivity index (χ0n) is 17.8. The fraction of sp³-hybridized carbons (Fsp3) is 0.619. The first kappa shape index (κ1) is 21.5. The van der Waals surface area contributed by atoms with Gasteiger partial charge < -0.3 is 10.2 Å². The number of thiophene rings is 1. The Balaban J connectivity index is 1.42. The molecule has 3 heterocycles. The molecule has 0 radical (unpaired) electrons. The predicted octanol–water partition coefficient (Wildman–Crippen LogP) is 3.66. The van der Waals surface area contributed by atoms with Crippen molar-refractivity contribution in [2.45, 2.75) is 62.6 Å². The SMILES string of the molecule is CCc1ccc(S(=O)(=O)N2CCN(c3cc(C)nc(NC4CCCCC4)n3)CC2)s1. The van der Waals surface area contributed by atoms with Crippen molar-refractivity contribution >= 4 is 33.1 Å². The van der Waals surface area contributed by atoms with Crippen LogP contribution in [0.4, 0.5) is 11.8 Å². The lowest BCUT2D eigenvalue weighted by atomic mass is 9.96. The number of rotatable bonds is 6. The van der Waals surface area contributed by atoms with Gasteiger partial charge >= 0.3 is 0 Å². The van der Waals surface area contributed by atoms with E-state index in [1.807, 2.05) is 26.0 Å². The molecule has 2 aliphatic rings. The lowest BCUT2D eigenvalue weighted by Gasteiger charge is -2.34. The van der Waals surface area contributed by atoms with Gasteiger partial charge in [-0.15, -0.1) is 11.3 Å². The molecule has 1 saturated heterocycles. The van der Waals surface area contributed by atoms with Gasteiger partial charge in [0.2, 0.25) is 5.95 Å². The monoisotopic (exact) mass is 449 g/mol. The highest BCUT2D eigenvalue weighted by atomic mass is 32.2. The van der Waals surface area contributed by atoms with Crippen molar-refractivity contribution in [3.05, 3.63) is 28.8 Å². The molecular weight excluding hydrogens is 418 g/mol. The van der Waals surface area contributed by atoms with Crippen LogP contribution in [0, 0.1) is 6.92 Å². The minimum absolute atomic E-state index is 0.449. The number of aromatic nitrogens is 2. The number of nitrogens with zero attached hydrogens (tertiary/aromatic N) is 4. The molecule has 7 nitrogen and oxygen atoms in total. The zero-order chi connectivity index (χ0) is 21.1. The van der Waals surface area contributed by atoms with E-state index in [0.29, 0.717) is 42.4 Å². The average Bonchev–Trinajstić information content (AvgIpc) is 3.24. The van der Waals surface area contributed by atoms with E-state index in [-0.39, 0.29) is 0 Å². The normalized spacial score (nSPS) is 19.2. The highest BCUT2D eigenvalue weighted by molar-refractivity contribution is 7.91. The van der Waals surface area contributed by atoms with Crippen molar-refractivity contribution in [3.63, 3.8) is 0 Å². The Kier molecular flexibility index (Phi) is 6.60. The number of aryl methyl sites for hydroxylation is 2. The van der Waals surface area contributed by atoms with E-state index in [4.69, 9.17) is 4.98 Å².